The minimum atomic E-state index is 0.634. The Kier molecular flexibility index (Phi) is 5.53. The summed E-state index contributed by atoms with van der Waals surface area (Å²) in [7, 11) is 0. The molecule has 0 spiro atoms. The topological polar surface area (TPSA) is 26.0 Å². The lowest BCUT2D eigenvalue weighted by Gasteiger charge is -2.08. The van der Waals surface area contributed by atoms with Gasteiger partial charge in [-0.2, -0.15) is 0 Å². The lowest BCUT2D eigenvalue weighted by Crippen LogP contribution is -2.02. The monoisotopic (exact) mass is 305 g/mol. The molecule has 2 aromatic carbocycles. The summed E-state index contributed by atoms with van der Waals surface area (Å²) >= 11 is 8.09. The predicted octanol–water partition coefficient (Wildman–Crippen LogP) is 4.75. The number of benzene rings is 2. The number of hydrogen-bond acceptors (Lipinski definition) is 2. The van der Waals surface area contributed by atoms with Gasteiger partial charge in [0.2, 0.25) is 0 Å². The molecule has 0 atom stereocenters. The largest absolute Gasteiger partial charge is 0.330 e. The first-order valence-electron chi connectivity index (χ1n) is 6.77. The molecule has 20 heavy (non-hydrogen) atoms. The maximum Gasteiger partial charge on any atom is 0.0449 e. The fraction of sp³-hybridized carbons (Fsp3) is 0.294. The molecule has 0 radical (unpaired) electrons. The average molecular weight is 306 g/mol. The molecule has 0 saturated heterocycles. The molecular formula is C17H20ClNS. The van der Waals surface area contributed by atoms with Crippen molar-refractivity contribution in [1.82, 2.24) is 0 Å². The van der Waals surface area contributed by atoms with Crippen LogP contribution in [0.4, 0.5) is 0 Å². The molecule has 2 N–H and O–H groups in total. The van der Waals surface area contributed by atoms with E-state index in [2.05, 4.69) is 44.2 Å². The zero-order valence-corrected chi connectivity index (χ0v) is 13.5. The van der Waals surface area contributed by atoms with Gasteiger partial charge in [0, 0.05) is 15.7 Å². The molecule has 0 aromatic heterocycles. The first-order valence-corrected chi connectivity index (χ1v) is 8.13. The number of nitrogens with two attached hydrogens (primary N) is 1. The fourth-order valence-corrected chi connectivity index (χ4v) is 3.50. The maximum atomic E-state index is 6.27. The summed E-state index contributed by atoms with van der Waals surface area (Å²) < 4.78 is 0. The van der Waals surface area contributed by atoms with E-state index in [1.807, 2.05) is 17.8 Å². The quantitative estimate of drug-likeness (QED) is 0.807. The van der Waals surface area contributed by atoms with Crippen molar-refractivity contribution in [1.29, 1.82) is 0 Å². The van der Waals surface area contributed by atoms with Crippen LogP contribution in [0.15, 0.2) is 41.3 Å². The smallest absolute Gasteiger partial charge is 0.0449 e. The molecule has 106 valence electrons. The molecule has 0 amide bonds. The van der Waals surface area contributed by atoms with Gasteiger partial charge in [-0.3, -0.25) is 0 Å². The Bertz CT molecular complexity index is 575. The Morgan fingerprint density at radius 2 is 1.75 bits per heavy atom. The molecule has 2 aromatic rings. The second kappa shape index (κ2) is 7.16. The highest BCUT2D eigenvalue weighted by Crippen LogP contribution is 2.28. The molecule has 0 saturated carbocycles. The van der Waals surface area contributed by atoms with Crippen LogP contribution in [0.3, 0.4) is 0 Å². The van der Waals surface area contributed by atoms with Gasteiger partial charge in [0.25, 0.3) is 0 Å². The van der Waals surface area contributed by atoms with Crippen LogP contribution in [-0.2, 0) is 12.2 Å². The molecule has 2 rings (SSSR count). The van der Waals surface area contributed by atoms with Crippen LogP contribution >= 0.6 is 23.4 Å². The third-order valence-corrected chi connectivity index (χ3v) is 4.54. The summed E-state index contributed by atoms with van der Waals surface area (Å²) in [5, 5.41) is 0.820. The molecule has 0 unspecified atom stereocenters. The van der Waals surface area contributed by atoms with Gasteiger partial charge < -0.3 is 5.73 Å². The molecule has 0 heterocycles. The highest BCUT2D eigenvalue weighted by atomic mass is 35.5. The van der Waals surface area contributed by atoms with Gasteiger partial charge in [-0.25, -0.2) is 0 Å². The Hall–Kier alpha value is -0.960. The Morgan fingerprint density at radius 3 is 2.35 bits per heavy atom. The van der Waals surface area contributed by atoms with Crippen molar-refractivity contribution in [2.75, 3.05) is 6.54 Å². The minimum Gasteiger partial charge on any atom is -0.330 e. The van der Waals surface area contributed by atoms with Crippen molar-refractivity contribution in [3.8, 4) is 0 Å². The van der Waals surface area contributed by atoms with E-state index in [1.54, 1.807) is 0 Å². The number of thioether (sulfide) groups is 1. The van der Waals surface area contributed by atoms with Crippen molar-refractivity contribution in [3.63, 3.8) is 0 Å². The second-order valence-corrected chi connectivity index (χ2v) is 6.53. The fourth-order valence-electron chi connectivity index (χ4n) is 2.30. The van der Waals surface area contributed by atoms with Crippen LogP contribution in [0.1, 0.15) is 22.3 Å². The van der Waals surface area contributed by atoms with E-state index >= 15 is 0 Å². The molecule has 1 nitrogen and oxygen atoms in total. The van der Waals surface area contributed by atoms with Gasteiger partial charge in [-0.05, 0) is 50.1 Å². The molecule has 0 aliphatic rings. The van der Waals surface area contributed by atoms with Gasteiger partial charge in [0.15, 0.2) is 0 Å². The minimum absolute atomic E-state index is 0.634. The van der Waals surface area contributed by atoms with E-state index in [0.717, 1.165) is 22.8 Å². The number of rotatable bonds is 5. The van der Waals surface area contributed by atoms with Crippen molar-refractivity contribution in [3.05, 3.63) is 63.7 Å². The van der Waals surface area contributed by atoms with Crippen molar-refractivity contribution in [2.24, 2.45) is 5.73 Å². The maximum absolute atomic E-state index is 6.27. The predicted molar refractivity (Wildman–Crippen MR) is 89.7 cm³/mol. The third-order valence-electron chi connectivity index (χ3n) is 3.13. The molecule has 0 bridgehead atoms. The third kappa shape index (κ3) is 4.27. The Labute approximate surface area is 130 Å². The second-order valence-electron chi connectivity index (χ2n) is 5.08. The first-order chi connectivity index (χ1) is 9.58. The van der Waals surface area contributed by atoms with E-state index in [1.165, 1.54) is 21.6 Å². The standard InChI is InChI=1S/C17H20ClNS/c1-12-7-13(2)9-14(8-12)11-20-16-4-3-15(5-6-19)17(18)10-16/h3-4,7-10H,5-6,11,19H2,1-2H3. The van der Waals surface area contributed by atoms with Crippen LogP contribution in [0, 0.1) is 13.8 Å². The number of halogens is 1. The van der Waals surface area contributed by atoms with E-state index in [4.69, 9.17) is 17.3 Å². The zero-order chi connectivity index (χ0) is 14.5. The summed E-state index contributed by atoms with van der Waals surface area (Å²) in [6.45, 7) is 4.91. The summed E-state index contributed by atoms with van der Waals surface area (Å²) in [5.41, 5.74) is 10.7. The molecule has 0 aliphatic carbocycles. The van der Waals surface area contributed by atoms with Crippen LogP contribution in [-0.4, -0.2) is 6.54 Å². The van der Waals surface area contributed by atoms with Crippen LogP contribution in [0.25, 0.3) is 0 Å². The Balaban J connectivity index is 2.05. The van der Waals surface area contributed by atoms with E-state index in [0.29, 0.717) is 6.54 Å². The molecule has 0 fully saturated rings. The average Bonchev–Trinajstić information content (AvgIpc) is 2.38. The van der Waals surface area contributed by atoms with Crippen LogP contribution in [0.2, 0.25) is 5.02 Å². The highest BCUT2D eigenvalue weighted by Gasteiger charge is 2.03. The van der Waals surface area contributed by atoms with Gasteiger partial charge in [-0.15, -0.1) is 11.8 Å². The summed E-state index contributed by atoms with van der Waals surface area (Å²) in [6, 6.07) is 12.9. The van der Waals surface area contributed by atoms with Gasteiger partial charge >= 0.3 is 0 Å². The lowest BCUT2D eigenvalue weighted by atomic mass is 10.1. The van der Waals surface area contributed by atoms with Crippen molar-refractivity contribution >= 4 is 23.4 Å². The van der Waals surface area contributed by atoms with Crippen LogP contribution in [0.5, 0.6) is 0 Å². The summed E-state index contributed by atoms with van der Waals surface area (Å²) in [6.07, 6.45) is 0.834. The molecule has 0 aliphatic heterocycles. The normalized spacial score (nSPS) is 10.8. The number of aryl methyl sites for hydroxylation is 2. The Morgan fingerprint density at radius 1 is 1.05 bits per heavy atom. The summed E-state index contributed by atoms with van der Waals surface area (Å²) in [5.74, 6) is 0.967. The van der Waals surface area contributed by atoms with Gasteiger partial charge in [-0.1, -0.05) is 47.0 Å². The molecule has 3 heteroatoms. The highest BCUT2D eigenvalue weighted by molar-refractivity contribution is 7.98. The summed E-state index contributed by atoms with van der Waals surface area (Å²) in [4.78, 5) is 1.20. The van der Waals surface area contributed by atoms with E-state index < -0.39 is 0 Å². The SMILES string of the molecule is Cc1cc(C)cc(CSc2ccc(CCN)c(Cl)c2)c1. The number of hydrogen-bond donors (Lipinski definition) is 1. The van der Waals surface area contributed by atoms with Gasteiger partial charge in [0.1, 0.15) is 0 Å². The van der Waals surface area contributed by atoms with E-state index in [9.17, 15) is 0 Å². The van der Waals surface area contributed by atoms with Crippen molar-refractivity contribution < 1.29 is 0 Å². The zero-order valence-electron chi connectivity index (χ0n) is 11.9. The first kappa shape index (κ1) is 15.4. The molecular weight excluding hydrogens is 286 g/mol. The van der Waals surface area contributed by atoms with Crippen LogP contribution < -0.4 is 5.73 Å². The van der Waals surface area contributed by atoms with E-state index in [-0.39, 0.29) is 0 Å². The lowest BCUT2D eigenvalue weighted by molar-refractivity contribution is 0.967. The van der Waals surface area contributed by atoms with Gasteiger partial charge in [0.05, 0.1) is 0 Å². The van der Waals surface area contributed by atoms with Crippen molar-refractivity contribution in [2.45, 2.75) is 30.9 Å².